The zero-order chi connectivity index (χ0) is 17.6. The number of fused-ring (bicyclic) bond motifs is 1. The predicted octanol–water partition coefficient (Wildman–Crippen LogP) is 1.83. The summed E-state index contributed by atoms with van der Waals surface area (Å²) >= 11 is 0. The van der Waals surface area contributed by atoms with Gasteiger partial charge < -0.3 is 15.7 Å². The molecule has 1 heterocycles. The molecule has 0 fully saturated rings. The minimum absolute atomic E-state index is 0.0245. The molecule has 3 rings (SSSR count). The third-order valence-corrected chi connectivity index (χ3v) is 4.31. The number of aromatic nitrogens is 1. The number of carbonyl (C=O) groups excluding carboxylic acids is 2. The fourth-order valence-electron chi connectivity index (χ4n) is 2.98. The zero-order valence-electron chi connectivity index (χ0n) is 13.9. The average molecular weight is 339 g/mol. The van der Waals surface area contributed by atoms with E-state index in [1.807, 2.05) is 18.2 Å². The molecule has 1 aliphatic carbocycles. The lowest BCUT2D eigenvalue weighted by atomic mass is 9.90. The SMILES string of the molecule is O=C(NCCNC(=O)c1ncccc1O)c1ccc2c(c1)CCCC2. The number of carbonyl (C=O) groups is 2. The minimum Gasteiger partial charge on any atom is -0.505 e. The number of aryl methyl sites for hydroxylation is 2. The van der Waals surface area contributed by atoms with Crippen molar-refractivity contribution in [1.82, 2.24) is 15.6 Å². The first-order valence-electron chi connectivity index (χ1n) is 8.47. The van der Waals surface area contributed by atoms with Gasteiger partial charge in [-0.25, -0.2) is 4.98 Å². The van der Waals surface area contributed by atoms with Gasteiger partial charge in [-0.1, -0.05) is 6.07 Å². The lowest BCUT2D eigenvalue weighted by Gasteiger charge is -2.16. The van der Waals surface area contributed by atoms with E-state index < -0.39 is 5.91 Å². The van der Waals surface area contributed by atoms with Crippen molar-refractivity contribution in [3.63, 3.8) is 0 Å². The summed E-state index contributed by atoms with van der Waals surface area (Å²) in [7, 11) is 0. The molecule has 6 heteroatoms. The Bertz CT molecular complexity index is 789. The summed E-state index contributed by atoms with van der Waals surface area (Å²) in [5.74, 6) is -0.789. The van der Waals surface area contributed by atoms with Crippen LogP contribution in [-0.2, 0) is 12.8 Å². The molecule has 1 aliphatic rings. The maximum absolute atomic E-state index is 12.2. The van der Waals surface area contributed by atoms with E-state index >= 15 is 0 Å². The van der Waals surface area contributed by atoms with Gasteiger partial charge in [-0.3, -0.25) is 9.59 Å². The lowest BCUT2D eigenvalue weighted by Crippen LogP contribution is -2.35. The quantitative estimate of drug-likeness (QED) is 0.725. The fourth-order valence-corrected chi connectivity index (χ4v) is 2.98. The Morgan fingerprint density at radius 2 is 1.72 bits per heavy atom. The van der Waals surface area contributed by atoms with Crippen LogP contribution in [0.15, 0.2) is 36.5 Å². The van der Waals surface area contributed by atoms with Crippen LogP contribution in [0.25, 0.3) is 0 Å². The first-order chi connectivity index (χ1) is 12.1. The van der Waals surface area contributed by atoms with Crippen LogP contribution in [0, 0.1) is 0 Å². The van der Waals surface area contributed by atoms with Gasteiger partial charge in [0.15, 0.2) is 5.69 Å². The number of pyridine rings is 1. The van der Waals surface area contributed by atoms with Crippen molar-refractivity contribution in [3.8, 4) is 5.75 Å². The molecule has 1 aromatic heterocycles. The molecule has 0 radical (unpaired) electrons. The van der Waals surface area contributed by atoms with E-state index in [2.05, 4.69) is 15.6 Å². The summed E-state index contributed by atoms with van der Waals surface area (Å²) in [6.07, 6.45) is 5.94. The van der Waals surface area contributed by atoms with Crippen LogP contribution in [0.2, 0.25) is 0 Å². The Morgan fingerprint density at radius 1 is 1.00 bits per heavy atom. The Kier molecular flexibility index (Phi) is 5.28. The Morgan fingerprint density at radius 3 is 2.48 bits per heavy atom. The van der Waals surface area contributed by atoms with E-state index in [9.17, 15) is 14.7 Å². The first-order valence-corrected chi connectivity index (χ1v) is 8.47. The third-order valence-electron chi connectivity index (χ3n) is 4.31. The van der Waals surface area contributed by atoms with Gasteiger partial charge >= 0.3 is 0 Å². The molecule has 130 valence electrons. The van der Waals surface area contributed by atoms with Gasteiger partial charge in [0.2, 0.25) is 0 Å². The zero-order valence-corrected chi connectivity index (χ0v) is 13.9. The number of hydrogen-bond acceptors (Lipinski definition) is 4. The third kappa shape index (κ3) is 4.15. The summed E-state index contributed by atoms with van der Waals surface area (Å²) in [4.78, 5) is 27.9. The van der Waals surface area contributed by atoms with Crippen molar-refractivity contribution in [1.29, 1.82) is 0 Å². The van der Waals surface area contributed by atoms with E-state index in [1.165, 1.54) is 36.2 Å². The van der Waals surface area contributed by atoms with Crippen LogP contribution in [0.3, 0.4) is 0 Å². The predicted molar refractivity (Wildman–Crippen MR) is 93.7 cm³/mol. The maximum atomic E-state index is 12.2. The Hall–Kier alpha value is -2.89. The summed E-state index contributed by atoms with van der Waals surface area (Å²) < 4.78 is 0. The van der Waals surface area contributed by atoms with Crippen molar-refractivity contribution in [3.05, 3.63) is 58.9 Å². The van der Waals surface area contributed by atoms with E-state index in [0.29, 0.717) is 12.1 Å². The van der Waals surface area contributed by atoms with Gasteiger partial charge in [0.05, 0.1) is 0 Å². The van der Waals surface area contributed by atoms with Gasteiger partial charge in [-0.05, 0) is 61.1 Å². The van der Waals surface area contributed by atoms with Crippen LogP contribution >= 0.6 is 0 Å². The van der Waals surface area contributed by atoms with Crippen molar-refractivity contribution in [2.45, 2.75) is 25.7 Å². The normalized spacial score (nSPS) is 13.0. The number of amides is 2. The largest absolute Gasteiger partial charge is 0.505 e. The van der Waals surface area contributed by atoms with Gasteiger partial charge in [-0.15, -0.1) is 0 Å². The molecule has 0 spiro atoms. The second-order valence-corrected chi connectivity index (χ2v) is 6.07. The molecule has 2 amide bonds. The molecule has 0 atom stereocenters. The fraction of sp³-hybridized carbons (Fsp3) is 0.316. The Labute approximate surface area is 146 Å². The van der Waals surface area contributed by atoms with Crippen molar-refractivity contribution in [2.24, 2.45) is 0 Å². The first kappa shape index (κ1) is 17.0. The molecule has 0 saturated carbocycles. The van der Waals surface area contributed by atoms with Crippen molar-refractivity contribution < 1.29 is 14.7 Å². The molecule has 0 bridgehead atoms. The standard InChI is InChI=1S/C19H21N3O3/c23-16-6-3-9-20-17(16)19(25)22-11-10-21-18(24)15-8-7-13-4-1-2-5-14(13)12-15/h3,6-9,12,23H,1-2,4-5,10-11H2,(H,21,24)(H,22,25). The van der Waals surface area contributed by atoms with E-state index in [0.717, 1.165) is 12.8 Å². The number of rotatable bonds is 5. The second-order valence-electron chi connectivity index (χ2n) is 6.07. The van der Waals surface area contributed by atoms with Crippen LogP contribution in [-0.4, -0.2) is 35.0 Å². The highest BCUT2D eigenvalue weighted by Gasteiger charge is 2.13. The maximum Gasteiger partial charge on any atom is 0.273 e. The monoisotopic (exact) mass is 339 g/mol. The molecule has 25 heavy (non-hydrogen) atoms. The van der Waals surface area contributed by atoms with Gasteiger partial charge in [0.25, 0.3) is 11.8 Å². The molecular formula is C19H21N3O3. The van der Waals surface area contributed by atoms with Crippen LogP contribution < -0.4 is 10.6 Å². The van der Waals surface area contributed by atoms with E-state index in [-0.39, 0.29) is 23.9 Å². The van der Waals surface area contributed by atoms with E-state index in [4.69, 9.17) is 0 Å². The van der Waals surface area contributed by atoms with Crippen molar-refractivity contribution >= 4 is 11.8 Å². The summed E-state index contributed by atoms with van der Waals surface area (Å²) in [6.45, 7) is 0.556. The number of benzene rings is 1. The average Bonchev–Trinajstić information content (AvgIpc) is 2.64. The van der Waals surface area contributed by atoms with Gasteiger partial charge in [-0.2, -0.15) is 0 Å². The van der Waals surface area contributed by atoms with Crippen LogP contribution in [0.1, 0.15) is 44.8 Å². The smallest absolute Gasteiger partial charge is 0.273 e. The van der Waals surface area contributed by atoms with Gasteiger partial charge in [0.1, 0.15) is 5.75 Å². The van der Waals surface area contributed by atoms with Crippen LogP contribution in [0.5, 0.6) is 5.75 Å². The topological polar surface area (TPSA) is 91.3 Å². The molecule has 0 unspecified atom stereocenters. The summed E-state index contributed by atoms with van der Waals surface area (Å²) in [5, 5.41) is 15.0. The molecule has 1 aromatic carbocycles. The number of nitrogens with zero attached hydrogens (tertiary/aromatic N) is 1. The summed E-state index contributed by atoms with van der Waals surface area (Å²) in [5.41, 5.74) is 3.22. The van der Waals surface area contributed by atoms with Crippen molar-refractivity contribution in [2.75, 3.05) is 13.1 Å². The molecule has 0 aliphatic heterocycles. The molecule has 3 N–H and O–H groups in total. The number of nitrogens with one attached hydrogen (secondary N) is 2. The molecule has 6 nitrogen and oxygen atoms in total. The van der Waals surface area contributed by atoms with E-state index in [1.54, 1.807) is 6.07 Å². The van der Waals surface area contributed by atoms with Crippen LogP contribution in [0.4, 0.5) is 0 Å². The molecule has 2 aromatic rings. The molecular weight excluding hydrogens is 318 g/mol. The Balaban J connectivity index is 1.48. The highest BCUT2D eigenvalue weighted by molar-refractivity contribution is 5.95. The number of hydrogen-bond donors (Lipinski definition) is 3. The minimum atomic E-state index is -0.471. The summed E-state index contributed by atoms with van der Waals surface area (Å²) in [6, 6.07) is 8.80. The lowest BCUT2D eigenvalue weighted by molar-refractivity contribution is 0.0923. The molecule has 0 saturated heterocycles. The highest BCUT2D eigenvalue weighted by Crippen LogP contribution is 2.22. The second kappa shape index (κ2) is 7.79. The highest BCUT2D eigenvalue weighted by atomic mass is 16.3. The van der Waals surface area contributed by atoms with Gasteiger partial charge in [0, 0.05) is 24.8 Å². The number of aromatic hydroxyl groups is 1.